The summed E-state index contributed by atoms with van der Waals surface area (Å²) >= 11 is 0. The van der Waals surface area contributed by atoms with Crippen molar-refractivity contribution in [2.45, 2.75) is 33.2 Å². The molecule has 0 spiro atoms. The molecular formula is C10H15N5O2. The molecule has 0 amide bonds. The van der Waals surface area contributed by atoms with Crippen LogP contribution in [0.1, 0.15) is 26.0 Å². The van der Waals surface area contributed by atoms with E-state index in [2.05, 4.69) is 29.1 Å². The van der Waals surface area contributed by atoms with Gasteiger partial charge in [-0.1, -0.05) is 13.8 Å². The standard InChI is InChI=1S/C10H15N5O2/c1-5-7(15(16)17)8(14-9(11)12-5)13-6-4-10(6,2)3/h6H,4H2,1-3H3,(H3,11,12,13,14). The molecule has 1 fully saturated rings. The molecule has 92 valence electrons. The van der Waals surface area contributed by atoms with Gasteiger partial charge in [0.2, 0.25) is 11.8 Å². The molecule has 3 N–H and O–H groups in total. The highest BCUT2D eigenvalue weighted by Crippen LogP contribution is 2.47. The Balaban J connectivity index is 2.35. The number of aromatic nitrogens is 2. The second-order valence-corrected chi connectivity index (χ2v) is 5.01. The monoisotopic (exact) mass is 237 g/mol. The summed E-state index contributed by atoms with van der Waals surface area (Å²) in [4.78, 5) is 18.2. The van der Waals surface area contributed by atoms with Crippen molar-refractivity contribution in [1.82, 2.24) is 9.97 Å². The van der Waals surface area contributed by atoms with E-state index in [1.165, 1.54) is 0 Å². The van der Waals surface area contributed by atoms with Gasteiger partial charge in [-0.15, -0.1) is 0 Å². The molecule has 2 rings (SSSR count). The SMILES string of the molecule is Cc1nc(N)nc(NC2CC2(C)C)c1[N+](=O)[O-]. The van der Waals surface area contributed by atoms with Gasteiger partial charge >= 0.3 is 5.69 Å². The minimum absolute atomic E-state index is 0.0501. The molecule has 0 aliphatic heterocycles. The number of hydrogen-bond donors (Lipinski definition) is 2. The van der Waals surface area contributed by atoms with Crippen molar-refractivity contribution in [1.29, 1.82) is 0 Å². The first kappa shape index (κ1) is 11.6. The number of anilines is 2. The summed E-state index contributed by atoms with van der Waals surface area (Å²) in [6, 6.07) is 0.204. The van der Waals surface area contributed by atoms with Gasteiger partial charge in [0.15, 0.2) is 0 Å². The molecule has 0 bridgehead atoms. The van der Waals surface area contributed by atoms with Gasteiger partial charge in [0.05, 0.1) is 4.92 Å². The van der Waals surface area contributed by atoms with Crippen LogP contribution >= 0.6 is 0 Å². The third kappa shape index (κ3) is 2.13. The van der Waals surface area contributed by atoms with Crippen LogP contribution in [0.15, 0.2) is 0 Å². The number of nitrogen functional groups attached to an aromatic ring is 1. The van der Waals surface area contributed by atoms with Crippen LogP contribution in [0.25, 0.3) is 0 Å². The summed E-state index contributed by atoms with van der Waals surface area (Å²) in [6.45, 7) is 5.74. The summed E-state index contributed by atoms with van der Waals surface area (Å²) in [7, 11) is 0. The van der Waals surface area contributed by atoms with E-state index in [1.54, 1.807) is 6.92 Å². The zero-order valence-corrected chi connectivity index (χ0v) is 10.0. The van der Waals surface area contributed by atoms with Crippen LogP contribution in [-0.2, 0) is 0 Å². The van der Waals surface area contributed by atoms with E-state index in [-0.39, 0.29) is 34.6 Å². The van der Waals surface area contributed by atoms with E-state index < -0.39 is 4.92 Å². The van der Waals surface area contributed by atoms with Crippen LogP contribution < -0.4 is 11.1 Å². The number of nitrogens with one attached hydrogen (secondary N) is 1. The quantitative estimate of drug-likeness (QED) is 0.609. The smallest absolute Gasteiger partial charge is 0.332 e. The summed E-state index contributed by atoms with van der Waals surface area (Å²) in [5.41, 5.74) is 5.85. The van der Waals surface area contributed by atoms with Crippen LogP contribution in [0.4, 0.5) is 17.5 Å². The minimum atomic E-state index is -0.480. The maximum Gasteiger partial charge on any atom is 0.332 e. The highest BCUT2D eigenvalue weighted by molar-refractivity contribution is 5.61. The second kappa shape index (κ2) is 3.54. The van der Waals surface area contributed by atoms with Crippen LogP contribution in [0.2, 0.25) is 0 Å². The zero-order chi connectivity index (χ0) is 12.8. The summed E-state index contributed by atoms with van der Waals surface area (Å²) in [6.07, 6.45) is 0.965. The predicted octanol–water partition coefficient (Wildman–Crippen LogP) is 1.49. The van der Waals surface area contributed by atoms with E-state index >= 15 is 0 Å². The van der Waals surface area contributed by atoms with Gasteiger partial charge in [-0.05, 0) is 18.8 Å². The minimum Gasteiger partial charge on any atom is -0.368 e. The Bertz CT molecular complexity index is 486. The van der Waals surface area contributed by atoms with Gasteiger partial charge in [-0.25, -0.2) is 4.98 Å². The molecule has 1 heterocycles. The van der Waals surface area contributed by atoms with Gasteiger partial charge in [0, 0.05) is 6.04 Å². The Labute approximate surface area is 98.6 Å². The Hall–Kier alpha value is -1.92. The molecule has 1 aromatic rings. The predicted molar refractivity (Wildman–Crippen MR) is 63.6 cm³/mol. The van der Waals surface area contributed by atoms with E-state index in [4.69, 9.17) is 5.73 Å². The summed E-state index contributed by atoms with van der Waals surface area (Å²) in [5, 5.41) is 14.0. The topological polar surface area (TPSA) is 107 Å². The first-order valence-corrected chi connectivity index (χ1v) is 5.36. The first-order chi connectivity index (χ1) is 7.81. The zero-order valence-electron chi connectivity index (χ0n) is 10.0. The molecule has 0 aromatic carbocycles. The van der Waals surface area contributed by atoms with Crippen molar-refractivity contribution in [3.63, 3.8) is 0 Å². The lowest BCUT2D eigenvalue weighted by Gasteiger charge is -2.09. The fourth-order valence-electron chi connectivity index (χ4n) is 1.79. The summed E-state index contributed by atoms with van der Waals surface area (Å²) < 4.78 is 0. The van der Waals surface area contributed by atoms with Crippen molar-refractivity contribution in [3.05, 3.63) is 15.8 Å². The van der Waals surface area contributed by atoms with Gasteiger partial charge in [-0.3, -0.25) is 10.1 Å². The Morgan fingerprint density at radius 3 is 2.59 bits per heavy atom. The van der Waals surface area contributed by atoms with Crippen molar-refractivity contribution in [2.24, 2.45) is 5.41 Å². The lowest BCUT2D eigenvalue weighted by molar-refractivity contribution is -0.385. The van der Waals surface area contributed by atoms with Gasteiger partial charge < -0.3 is 11.1 Å². The number of rotatable bonds is 3. The molecule has 7 heteroatoms. The maximum atomic E-state index is 11.0. The molecule has 0 radical (unpaired) electrons. The number of nitrogens with two attached hydrogens (primary N) is 1. The van der Waals surface area contributed by atoms with Crippen LogP contribution in [0.3, 0.4) is 0 Å². The molecule has 1 atom stereocenters. The van der Waals surface area contributed by atoms with Crippen LogP contribution in [-0.4, -0.2) is 20.9 Å². The maximum absolute atomic E-state index is 11.0. The molecule has 1 aliphatic carbocycles. The van der Waals surface area contributed by atoms with E-state index in [0.29, 0.717) is 0 Å². The second-order valence-electron chi connectivity index (χ2n) is 5.01. The Morgan fingerprint density at radius 2 is 2.12 bits per heavy atom. The molecule has 1 aromatic heterocycles. The number of nitro groups is 1. The van der Waals surface area contributed by atoms with Gasteiger partial charge in [0.1, 0.15) is 5.69 Å². The Morgan fingerprint density at radius 1 is 1.53 bits per heavy atom. The number of aryl methyl sites for hydroxylation is 1. The van der Waals surface area contributed by atoms with Crippen molar-refractivity contribution in [3.8, 4) is 0 Å². The largest absolute Gasteiger partial charge is 0.368 e. The Kier molecular flexibility index (Phi) is 2.41. The molecular weight excluding hydrogens is 222 g/mol. The highest BCUT2D eigenvalue weighted by atomic mass is 16.6. The molecule has 1 aliphatic rings. The molecule has 7 nitrogen and oxygen atoms in total. The fraction of sp³-hybridized carbons (Fsp3) is 0.600. The number of hydrogen-bond acceptors (Lipinski definition) is 6. The van der Waals surface area contributed by atoms with Gasteiger partial charge in [0.25, 0.3) is 0 Å². The van der Waals surface area contributed by atoms with Crippen LogP contribution in [0, 0.1) is 22.5 Å². The molecule has 1 unspecified atom stereocenters. The fourth-order valence-corrected chi connectivity index (χ4v) is 1.79. The van der Waals surface area contributed by atoms with E-state index in [0.717, 1.165) is 6.42 Å². The third-order valence-corrected chi connectivity index (χ3v) is 3.08. The van der Waals surface area contributed by atoms with Crippen LogP contribution in [0.5, 0.6) is 0 Å². The third-order valence-electron chi connectivity index (χ3n) is 3.08. The van der Waals surface area contributed by atoms with Crippen molar-refractivity contribution < 1.29 is 4.92 Å². The lowest BCUT2D eigenvalue weighted by atomic mass is 10.2. The van der Waals surface area contributed by atoms with Gasteiger partial charge in [-0.2, -0.15) is 4.98 Å². The lowest BCUT2D eigenvalue weighted by Crippen LogP contribution is -2.14. The summed E-state index contributed by atoms with van der Waals surface area (Å²) in [5.74, 6) is 0.268. The average molecular weight is 237 g/mol. The van der Waals surface area contributed by atoms with E-state index in [9.17, 15) is 10.1 Å². The normalized spacial score (nSPS) is 21.0. The van der Waals surface area contributed by atoms with Crippen molar-refractivity contribution >= 4 is 17.5 Å². The molecule has 0 saturated heterocycles. The highest BCUT2D eigenvalue weighted by Gasteiger charge is 2.46. The first-order valence-electron chi connectivity index (χ1n) is 5.36. The average Bonchev–Trinajstić information content (AvgIpc) is 2.70. The molecule has 17 heavy (non-hydrogen) atoms. The number of nitrogens with zero attached hydrogens (tertiary/aromatic N) is 3. The van der Waals surface area contributed by atoms with E-state index in [1.807, 2.05) is 0 Å². The van der Waals surface area contributed by atoms with Crippen molar-refractivity contribution in [2.75, 3.05) is 11.1 Å². The molecule has 1 saturated carbocycles.